The molecular weight excluding hydrogens is 320 g/mol. The van der Waals surface area contributed by atoms with E-state index in [1.54, 1.807) is 0 Å². The minimum atomic E-state index is 0.825. The van der Waals surface area contributed by atoms with Gasteiger partial charge < -0.3 is 21.3 Å². The lowest BCUT2D eigenvalue weighted by Crippen LogP contribution is -2.24. The number of rotatable bonds is 8. The molecular formula is C22H36N4. The molecule has 0 atom stereocenters. The lowest BCUT2D eigenvalue weighted by atomic mass is 10.2. The van der Waals surface area contributed by atoms with Crippen LogP contribution in [0.2, 0.25) is 0 Å². The van der Waals surface area contributed by atoms with Gasteiger partial charge in [-0.3, -0.25) is 0 Å². The normalized spacial score (nSPS) is 10.0. The summed E-state index contributed by atoms with van der Waals surface area (Å²) in [7, 11) is 0. The predicted octanol–water partition coefficient (Wildman–Crippen LogP) is 5.01. The van der Waals surface area contributed by atoms with Crippen LogP contribution in [0.15, 0.2) is 48.5 Å². The summed E-state index contributed by atoms with van der Waals surface area (Å²) in [5, 5.41) is 0. The third kappa shape index (κ3) is 7.26. The van der Waals surface area contributed by atoms with E-state index in [2.05, 4.69) is 61.8 Å². The molecule has 0 bridgehead atoms. The number of nitrogens with two attached hydrogens (primary N) is 2. The van der Waals surface area contributed by atoms with E-state index in [4.69, 9.17) is 11.5 Å². The Morgan fingerprint density at radius 2 is 0.923 bits per heavy atom. The molecule has 0 aliphatic heterocycles. The summed E-state index contributed by atoms with van der Waals surface area (Å²) >= 11 is 0. The fourth-order valence-corrected chi connectivity index (χ4v) is 2.87. The standard InChI is InChI=1S/C12H20N2.C10H16N2/c1-3-9-14(10-4-2)12-7-5-11(13)6-8-12;1-3-12(4-2)10-7-5-9(11)6-8-10/h5-8H,3-4,9-10,13H2,1-2H3;5-8H,3-4,11H2,1-2H3. The van der Waals surface area contributed by atoms with Gasteiger partial charge in [0.15, 0.2) is 0 Å². The molecule has 4 N–H and O–H groups in total. The van der Waals surface area contributed by atoms with E-state index >= 15 is 0 Å². The summed E-state index contributed by atoms with van der Waals surface area (Å²) in [5.41, 5.74) is 15.4. The molecule has 0 aliphatic carbocycles. The highest BCUT2D eigenvalue weighted by atomic mass is 15.1. The van der Waals surface area contributed by atoms with E-state index in [1.165, 1.54) is 24.2 Å². The molecule has 0 saturated carbocycles. The second kappa shape index (κ2) is 12.1. The summed E-state index contributed by atoms with van der Waals surface area (Å²) in [4.78, 5) is 4.69. The summed E-state index contributed by atoms with van der Waals surface area (Å²) in [5.74, 6) is 0. The van der Waals surface area contributed by atoms with Crippen LogP contribution in [0.1, 0.15) is 40.5 Å². The summed E-state index contributed by atoms with van der Waals surface area (Å²) in [6, 6.07) is 16.1. The highest BCUT2D eigenvalue weighted by Crippen LogP contribution is 2.17. The molecule has 4 nitrogen and oxygen atoms in total. The number of hydrogen-bond donors (Lipinski definition) is 2. The molecule has 0 fully saturated rings. The van der Waals surface area contributed by atoms with Crippen LogP contribution in [0.3, 0.4) is 0 Å². The van der Waals surface area contributed by atoms with Crippen molar-refractivity contribution >= 4 is 22.7 Å². The average molecular weight is 357 g/mol. The molecule has 0 radical (unpaired) electrons. The molecule has 0 spiro atoms. The number of nitrogens with zero attached hydrogens (tertiary/aromatic N) is 2. The van der Waals surface area contributed by atoms with E-state index in [0.29, 0.717) is 0 Å². The zero-order chi connectivity index (χ0) is 19.4. The maximum absolute atomic E-state index is 5.66. The van der Waals surface area contributed by atoms with Crippen LogP contribution in [-0.4, -0.2) is 26.2 Å². The Labute approximate surface area is 159 Å². The van der Waals surface area contributed by atoms with Gasteiger partial charge in [0, 0.05) is 48.9 Å². The van der Waals surface area contributed by atoms with Crippen molar-refractivity contribution in [2.75, 3.05) is 47.4 Å². The van der Waals surface area contributed by atoms with Crippen molar-refractivity contribution in [3.8, 4) is 0 Å². The monoisotopic (exact) mass is 356 g/mol. The van der Waals surface area contributed by atoms with Gasteiger partial charge in [0.25, 0.3) is 0 Å². The number of anilines is 4. The molecule has 0 heterocycles. The highest BCUT2D eigenvalue weighted by Gasteiger charge is 2.03. The van der Waals surface area contributed by atoms with Gasteiger partial charge in [0.2, 0.25) is 0 Å². The van der Waals surface area contributed by atoms with Gasteiger partial charge in [0.05, 0.1) is 0 Å². The van der Waals surface area contributed by atoms with E-state index in [9.17, 15) is 0 Å². The van der Waals surface area contributed by atoms with E-state index in [1.807, 2.05) is 24.3 Å². The average Bonchev–Trinajstić information content (AvgIpc) is 2.65. The van der Waals surface area contributed by atoms with Crippen LogP contribution >= 0.6 is 0 Å². The lowest BCUT2D eigenvalue weighted by Gasteiger charge is -2.23. The second-order valence-corrected chi connectivity index (χ2v) is 6.34. The van der Waals surface area contributed by atoms with E-state index in [0.717, 1.165) is 37.6 Å². The van der Waals surface area contributed by atoms with Crippen molar-refractivity contribution in [3.63, 3.8) is 0 Å². The molecule has 26 heavy (non-hydrogen) atoms. The Balaban J connectivity index is 0.000000263. The minimum Gasteiger partial charge on any atom is -0.399 e. The Morgan fingerprint density at radius 3 is 1.23 bits per heavy atom. The Bertz CT molecular complexity index is 583. The first-order valence-corrected chi connectivity index (χ1v) is 9.76. The zero-order valence-corrected chi connectivity index (χ0v) is 16.9. The van der Waals surface area contributed by atoms with Crippen molar-refractivity contribution in [2.45, 2.75) is 40.5 Å². The molecule has 0 aromatic heterocycles. The van der Waals surface area contributed by atoms with E-state index in [-0.39, 0.29) is 0 Å². The summed E-state index contributed by atoms with van der Waals surface area (Å²) in [6.07, 6.45) is 2.37. The van der Waals surface area contributed by atoms with Gasteiger partial charge in [0.1, 0.15) is 0 Å². The van der Waals surface area contributed by atoms with Gasteiger partial charge in [-0.05, 0) is 75.2 Å². The summed E-state index contributed by atoms with van der Waals surface area (Å²) in [6.45, 7) is 13.1. The van der Waals surface area contributed by atoms with Crippen LogP contribution in [0, 0.1) is 0 Å². The Kier molecular flexibility index (Phi) is 10.1. The number of nitrogen functional groups attached to an aromatic ring is 2. The first-order valence-electron chi connectivity index (χ1n) is 9.76. The summed E-state index contributed by atoms with van der Waals surface area (Å²) < 4.78 is 0. The van der Waals surface area contributed by atoms with Crippen molar-refractivity contribution in [2.24, 2.45) is 0 Å². The molecule has 0 aliphatic rings. The molecule has 0 amide bonds. The van der Waals surface area contributed by atoms with Gasteiger partial charge in [-0.25, -0.2) is 0 Å². The topological polar surface area (TPSA) is 58.5 Å². The van der Waals surface area contributed by atoms with Gasteiger partial charge in [-0.15, -0.1) is 0 Å². The fourth-order valence-electron chi connectivity index (χ4n) is 2.87. The van der Waals surface area contributed by atoms with Gasteiger partial charge in [-0.1, -0.05) is 13.8 Å². The largest absolute Gasteiger partial charge is 0.399 e. The lowest BCUT2D eigenvalue weighted by molar-refractivity contribution is 0.745. The van der Waals surface area contributed by atoms with Crippen LogP contribution in [-0.2, 0) is 0 Å². The SMILES string of the molecule is CCCN(CCC)c1ccc(N)cc1.CCN(CC)c1ccc(N)cc1. The van der Waals surface area contributed by atoms with E-state index < -0.39 is 0 Å². The van der Waals surface area contributed by atoms with Gasteiger partial charge >= 0.3 is 0 Å². The second-order valence-electron chi connectivity index (χ2n) is 6.34. The maximum atomic E-state index is 5.66. The van der Waals surface area contributed by atoms with Crippen molar-refractivity contribution in [1.29, 1.82) is 0 Å². The highest BCUT2D eigenvalue weighted by molar-refractivity contribution is 5.53. The molecule has 2 aromatic rings. The third-order valence-corrected chi connectivity index (χ3v) is 4.27. The first-order chi connectivity index (χ1) is 12.5. The molecule has 4 heteroatoms. The third-order valence-electron chi connectivity index (χ3n) is 4.27. The minimum absolute atomic E-state index is 0.825. The van der Waals surface area contributed by atoms with Crippen LogP contribution in [0.5, 0.6) is 0 Å². The van der Waals surface area contributed by atoms with Crippen molar-refractivity contribution in [3.05, 3.63) is 48.5 Å². The molecule has 0 saturated heterocycles. The smallest absolute Gasteiger partial charge is 0.0367 e. The predicted molar refractivity (Wildman–Crippen MR) is 118 cm³/mol. The molecule has 144 valence electrons. The Hall–Kier alpha value is -2.36. The van der Waals surface area contributed by atoms with Crippen LogP contribution in [0.25, 0.3) is 0 Å². The van der Waals surface area contributed by atoms with Crippen LogP contribution in [0.4, 0.5) is 22.7 Å². The van der Waals surface area contributed by atoms with Crippen molar-refractivity contribution < 1.29 is 0 Å². The first kappa shape index (κ1) is 21.7. The Morgan fingerprint density at radius 1 is 0.577 bits per heavy atom. The van der Waals surface area contributed by atoms with Crippen molar-refractivity contribution in [1.82, 2.24) is 0 Å². The quantitative estimate of drug-likeness (QED) is 0.653. The number of hydrogen-bond acceptors (Lipinski definition) is 4. The van der Waals surface area contributed by atoms with Crippen LogP contribution < -0.4 is 21.3 Å². The molecule has 0 unspecified atom stereocenters. The molecule has 2 aromatic carbocycles. The zero-order valence-electron chi connectivity index (χ0n) is 16.9. The maximum Gasteiger partial charge on any atom is 0.0367 e. The fraction of sp³-hybridized carbons (Fsp3) is 0.455. The molecule has 2 rings (SSSR count). The van der Waals surface area contributed by atoms with Gasteiger partial charge in [-0.2, -0.15) is 0 Å². The number of benzene rings is 2.